The Hall–Kier alpha value is -2.34. The van der Waals surface area contributed by atoms with Gasteiger partial charge in [-0.1, -0.05) is 23.2 Å². The maximum absolute atomic E-state index is 11.7. The zero-order chi connectivity index (χ0) is 20.3. The van der Waals surface area contributed by atoms with Gasteiger partial charge in [-0.3, -0.25) is 14.4 Å². The molecule has 0 aliphatic heterocycles. The largest absolute Gasteiger partial charge is 0.481 e. The minimum absolute atomic E-state index is 0.00336. The smallest absolute Gasteiger partial charge is 0.433 e. The van der Waals surface area contributed by atoms with Crippen LogP contribution in [-0.4, -0.2) is 52.1 Å². The van der Waals surface area contributed by atoms with Gasteiger partial charge in [0, 0.05) is 18.5 Å². The highest BCUT2D eigenvalue weighted by Gasteiger charge is 2.30. The summed E-state index contributed by atoms with van der Waals surface area (Å²) in [6, 6.07) is 6.69. The number of carboxylic acids is 2. The van der Waals surface area contributed by atoms with Crippen LogP contribution in [-0.2, 0) is 28.8 Å². The molecule has 0 aliphatic carbocycles. The molecule has 0 fully saturated rings. The highest BCUT2D eigenvalue weighted by atomic mass is 31.2. The molecule has 0 bridgehead atoms. The van der Waals surface area contributed by atoms with Crippen LogP contribution >= 0.6 is 7.75 Å². The second-order valence-corrected chi connectivity index (χ2v) is 6.51. The molecule has 1 amide bonds. The fraction of sp³-hybridized carbons (Fsp3) is 0.357. The predicted molar refractivity (Wildman–Crippen MR) is 88.2 cm³/mol. The number of carbonyl (C=O) groups excluding carboxylic acids is 1. The molecular formula is C14H19N2O10P. The van der Waals surface area contributed by atoms with Crippen LogP contribution < -0.4 is 10.4 Å². The van der Waals surface area contributed by atoms with E-state index in [9.17, 15) is 23.8 Å². The Kier molecular flexibility index (Phi) is 9.58. The lowest BCUT2D eigenvalue weighted by atomic mass is 10.2. The number of aliphatic carboxylic acids is 2. The quantitative estimate of drug-likeness (QED) is 0.132. The van der Waals surface area contributed by atoms with E-state index in [2.05, 4.69) is 19.9 Å². The van der Waals surface area contributed by atoms with Crippen molar-refractivity contribution in [3.8, 4) is 0 Å². The molecule has 1 rings (SSSR count). The van der Waals surface area contributed by atoms with Crippen molar-refractivity contribution in [1.29, 1.82) is 0 Å². The highest BCUT2D eigenvalue weighted by Crippen LogP contribution is 2.38. The highest BCUT2D eigenvalue weighted by molar-refractivity contribution is 7.50. The molecule has 1 aromatic carbocycles. The second-order valence-electron chi connectivity index (χ2n) is 5.06. The zero-order valence-electron chi connectivity index (χ0n) is 13.9. The van der Waals surface area contributed by atoms with E-state index in [1.165, 1.54) is 0 Å². The number of hydrogen-bond acceptors (Lipinski definition) is 7. The molecule has 0 spiro atoms. The van der Waals surface area contributed by atoms with Gasteiger partial charge in [-0.25, -0.2) is 14.5 Å². The molecule has 2 atom stereocenters. The molecule has 0 saturated heterocycles. The van der Waals surface area contributed by atoms with Crippen LogP contribution in [0.3, 0.4) is 0 Å². The summed E-state index contributed by atoms with van der Waals surface area (Å²) in [5, 5.41) is 25.7. The molecule has 27 heavy (non-hydrogen) atoms. The third-order valence-electron chi connectivity index (χ3n) is 2.95. The summed E-state index contributed by atoms with van der Waals surface area (Å²) in [4.78, 5) is 46.9. The number of nitrogens with one attached hydrogen (secondary N) is 2. The second kappa shape index (κ2) is 11.4. The van der Waals surface area contributed by atoms with Crippen molar-refractivity contribution in [2.75, 3.05) is 13.2 Å². The Bertz CT molecular complexity index is 684. The van der Waals surface area contributed by atoms with Gasteiger partial charge < -0.3 is 20.4 Å². The topological polar surface area (TPSA) is 181 Å². The Morgan fingerprint density at radius 1 is 1.15 bits per heavy atom. The molecule has 0 aliphatic rings. The average molecular weight is 406 g/mol. The molecule has 5 N–H and O–H groups in total. The first-order valence-corrected chi connectivity index (χ1v) is 9.15. The number of carbonyl (C=O) groups is 3. The summed E-state index contributed by atoms with van der Waals surface area (Å²) in [7, 11) is -4.74. The van der Waals surface area contributed by atoms with Crippen LogP contribution in [0.2, 0.25) is 0 Å². The van der Waals surface area contributed by atoms with Gasteiger partial charge in [0.15, 0.2) is 0 Å². The number of carboxylic acid groups (broad SMARTS) is 2. The molecule has 12 nitrogen and oxygen atoms in total. The first-order valence-electron chi connectivity index (χ1n) is 7.57. The van der Waals surface area contributed by atoms with E-state index in [1.54, 1.807) is 35.4 Å². The van der Waals surface area contributed by atoms with Crippen LogP contribution in [0.25, 0.3) is 0 Å². The van der Waals surface area contributed by atoms with Crippen LogP contribution in [0.5, 0.6) is 0 Å². The van der Waals surface area contributed by atoms with Crippen molar-refractivity contribution in [3.63, 3.8) is 0 Å². The summed E-state index contributed by atoms with van der Waals surface area (Å²) in [5.74, 6) is -3.18. The van der Waals surface area contributed by atoms with Gasteiger partial charge in [0.2, 0.25) is 0 Å². The Balaban J connectivity index is 2.27. The summed E-state index contributed by atoms with van der Waals surface area (Å²) < 4.78 is 15.7. The number of amides is 1. The number of rotatable bonds is 13. The van der Waals surface area contributed by atoms with Gasteiger partial charge in [0.25, 0.3) is 5.91 Å². The third-order valence-corrected chi connectivity index (χ3v) is 3.85. The van der Waals surface area contributed by atoms with Crippen molar-refractivity contribution in [3.05, 3.63) is 35.9 Å². The van der Waals surface area contributed by atoms with Gasteiger partial charge >= 0.3 is 19.7 Å². The maximum atomic E-state index is 11.7. The Morgan fingerprint density at radius 2 is 1.81 bits per heavy atom. The average Bonchev–Trinajstić information content (AvgIpc) is 2.61. The van der Waals surface area contributed by atoms with Crippen molar-refractivity contribution in [2.24, 2.45) is 0 Å². The zero-order valence-corrected chi connectivity index (χ0v) is 14.8. The van der Waals surface area contributed by atoms with E-state index in [4.69, 9.17) is 10.2 Å². The van der Waals surface area contributed by atoms with Crippen molar-refractivity contribution in [1.82, 2.24) is 10.4 Å². The minimum atomic E-state index is -4.74. The lowest BCUT2D eigenvalue weighted by Crippen LogP contribution is -2.35. The van der Waals surface area contributed by atoms with Crippen molar-refractivity contribution < 1.29 is 48.7 Å². The molecule has 0 saturated carbocycles. The number of benzene rings is 1. The van der Waals surface area contributed by atoms with E-state index < -0.39 is 38.6 Å². The van der Waals surface area contributed by atoms with Gasteiger partial charge in [-0.2, -0.15) is 0 Å². The molecular weight excluding hydrogens is 387 g/mol. The molecule has 13 heteroatoms. The Labute approximate surface area is 153 Å². The van der Waals surface area contributed by atoms with E-state index >= 15 is 0 Å². The molecule has 1 aromatic rings. The third kappa shape index (κ3) is 9.80. The van der Waals surface area contributed by atoms with Gasteiger partial charge in [-0.05, 0) is 18.6 Å². The predicted octanol–water partition coefficient (Wildman–Crippen LogP) is 0.304. The molecule has 0 radical (unpaired) electrons. The minimum Gasteiger partial charge on any atom is -0.481 e. The van der Waals surface area contributed by atoms with E-state index in [0.29, 0.717) is 5.56 Å². The van der Waals surface area contributed by atoms with Gasteiger partial charge in [0.05, 0.1) is 0 Å². The van der Waals surface area contributed by atoms with Gasteiger partial charge in [-0.15, -0.1) is 4.67 Å². The molecule has 1 unspecified atom stereocenters. The van der Waals surface area contributed by atoms with Crippen molar-refractivity contribution in [2.45, 2.75) is 18.9 Å². The number of hydrogen-bond donors (Lipinski definition) is 5. The standard InChI is InChI=1S/C14H19N2O10P/c17-12(18)7-6-11(14(20)21)16-27(22,23)26-25-24-9-8-15-13(19)10-4-2-1-3-5-10/h1-5,11H,6-9H2,(H,15,19)(H,17,18)(H,20,21)(H2,16,22,23)/t11-/m0/s1. The molecule has 0 aromatic heterocycles. The SMILES string of the molecule is O=C(O)CC[C@H](NP(=O)(O)OOOCCNC(=O)c1ccccc1)C(=O)O. The first kappa shape index (κ1) is 22.7. The molecule has 0 heterocycles. The summed E-state index contributed by atoms with van der Waals surface area (Å²) in [6.07, 6.45) is -0.993. The Morgan fingerprint density at radius 3 is 2.41 bits per heavy atom. The van der Waals surface area contributed by atoms with Gasteiger partial charge in [0.1, 0.15) is 12.6 Å². The van der Waals surface area contributed by atoms with E-state index in [0.717, 1.165) is 0 Å². The fourth-order valence-corrected chi connectivity index (χ4v) is 2.53. The van der Waals surface area contributed by atoms with E-state index in [-0.39, 0.29) is 19.1 Å². The summed E-state index contributed by atoms with van der Waals surface area (Å²) in [6.45, 7) is -0.240. The lowest BCUT2D eigenvalue weighted by Gasteiger charge is -2.16. The molecule has 150 valence electrons. The van der Waals surface area contributed by atoms with Crippen molar-refractivity contribution >= 4 is 25.6 Å². The fourth-order valence-electron chi connectivity index (χ4n) is 1.72. The maximum Gasteiger partial charge on any atom is 0.433 e. The first-order chi connectivity index (χ1) is 12.7. The summed E-state index contributed by atoms with van der Waals surface area (Å²) in [5.41, 5.74) is 0.430. The summed E-state index contributed by atoms with van der Waals surface area (Å²) >= 11 is 0. The van der Waals surface area contributed by atoms with Crippen LogP contribution in [0.15, 0.2) is 30.3 Å². The van der Waals surface area contributed by atoms with Crippen LogP contribution in [0.1, 0.15) is 23.2 Å². The monoisotopic (exact) mass is 406 g/mol. The van der Waals surface area contributed by atoms with Crippen LogP contribution in [0.4, 0.5) is 0 Å². The lowest BCUT2D eigenvalue weighted by molar-refractivity contribution is -0.469. The van der Waals surface area contributed by atoms with E-state index in [1.807, 2.05) is 0 Å². The van der Waals surface area contributed by atoms with Crippen LogP contribution in [0, 0.1) is 0 Å². The normalized spacial score (nSPS) is 14.1.